The molecule has 58 heavy (non-hydrogen) atoms. The standard InChI is InChI=1S/C48H48N2O8/c1-55-39-23-15-35(16-24-39)47(53,36-17-25-40(56-2)26-18-36)43(31-33-11-7-5-8-12-33)49-45(51)46(52)50-44(32-34-13-9-6-10-14-34)48(54,37-19-27-41(57-3)28-20-37)38-21-29-42(58-4)30-22-38/h5-30,43-44,53-54H,31-32H2,1-4H3,(H,49,51)(H,50,52). The Labute approximate surface area is 339 Å². The van der Waals surface area contributed by atoms with Gasteiger partial charge in [-0.1, -0.05) is 109 Å². The third-order valence-corrected chi connectivity index (χ3v) is 10.5. The molecule has 2 unspecified atom stereocenters. The second kappa shape index (κ2) is 18.5. The van der Waals surface area contributed by atoms with Crippen LogP contribution in [0.25, 0.3) is 0 Å². The summed E-state index contributed by atoms with van der Waals surface area (Å²) < 4.78 is 21.6. The minimum absolute atomic E-state index is 0.142. The third kappa shape index (κ3) is 8.99. The minimum Gasteiger partial charge on any atom is -0.497 e. The predicted molar refractivity (Wildman–Crippen MR) is 222 cm³/mol. The van der Waals surface area contributed by atoms with Gasteiger partial charge >= 0.3 is 11.8 Å². The number of rotatable bonds is 16. The summed E-state index contributed by atoms with van der Waals surface area (Å²) >= 11 is 0. The summed E-state index contributed by atoms with van der Waals surface area (Å²) in [6.07, 6.45) is 0.285. The normalized spacial score (nSPS) is 12.4. The van der Waals surface area contributed by atoms with Crippen molar-refractivity contribution in [2.24, 2.45) is 0 Å². The molecule has 6 aromatic rings. The monoisotopic (exact) mass is 780 g/mol. The summed E-state index contributed by atoms with van der Waals surface area (Å²) in [7, 11) is 6.21. The van der Waals surface area contributed by atoms with Crippen molar-refractivity contribution in [2.75, 3.05) is 28.4 Å². The smallest absolute Gasteiger partial charge is 0.309 e. The number of methoxy groups -OCH3 is 4. The molecule has 0 heterocycles. The highest BCUT2D eigenvalue weighted by Crippen LogP contribution is 2.38. The number of amides is 2. The van der Waals surface area contributed by atoms with Gasteiger partial charge in [-0.2, -0.15) is 0 Å². The molecule has 0 spiro atoms. The zero-order valence-electron chi connectivity index (χ0n) is 32.9. The van der Waals surface area contributed by atoms with Crippen LogP contribution in [0, 0.1) is 0 Å². The van der Waals surface area contributed by atoms with Crippen LogP contribution in [0.4, 0.5) is 0 Å². The number of aliphatic hydroxyl groups is 2. The first-order valence-electron chi connectivity index (χ1n) is 18.8. The van der Waals surface area contributed by atoms with Gasteiger partial charge in [0.1, 0.15) is 34.2 Å². The second-order valence-electron chi connectivity index (χ2n) is 13.9. The fourth-order valence-electron chi connectivity index (χ4n) is 7.27. The first-order valence-corrected chi connectivity index (χ1v) is 18.8. The Hall–Kier alpha value is -6.62. The van der Waals surface area contributed by atoms with E-state index in [-0.39, 0.29) is 12.8 Å². The highest BCUT2D eigenvalue weighted by molar-refractivity contribution is 6.35. The SMILES string of the molecule is COc1ccc(C(O)(c2ccc(OC)cc2)C(Cc2ccccc2)NC(=O)C(=O)NC(Cc2ccccc2)C(O)(c2ccc(OC)cc2)c2ccc(OC)cc2)cc1. The zero-order valence-corrected chi connectivity index (χ0v) is 32.9. The molecule has 6 aromatic carbocycles. The van der Waals surface area contributed by atoms with Gasteiger partial charge < -0.3 is 39.8 Å². The summed E-state index contributed by atoms with van der Waals surface area (Å²) in [4.78, 5) is 28.8. The maximum Gasteiger partial charge on any atom is 0.309 e. The molecule has 10 heteroatoms. The lowest BCUT2D eigenvalue weighted by molar-refractivity contribution is -0.142. The van der Waals surface area contributed by atoms with Gasteiger partial charge in [-0.05, 0) is 94.8 Å². The lowest BCUT2D eigenvalue weighted by Crippen LogP contribution is -2.59. The molecule has 0 saturated carbocycles. The topological polar surface area (TPSA) is 136 Å². The van der Waals surface area contributed by atoms with Crippen LogP contribution in [0.1, 0.15) is 33.4 Å². The maximum absolute atomic E-state index is 14.4. The molecule has 0 aliphatic rings. The molecular formula is C48H48N2O8. The van der Waals surface area contributed by atoms with E-state index in [1.165, 1.54) is 0 Å². The molecule has 2 atom stereocenters. The van der Waals surface area contributed by atoms with Crippen molar-refractivity contribution in [3.63, 3.8) is 0 Å². The van der Waals surface area contributed by atoms with Crippen molar-refractivity contribution in [3.05, 3.63) is 191 Å². The van der Waals surface area contributed by atoms with Crippen LogP contribution < -0.4 is 29.6 Å². The fraction of sp³-hybridized carbons (Fsp3) is 0.208. The largest absolute Gasteiger partial charge is 0.497 e. The van der Waals surface area contributed by atoms with Crippen molar-refractivity contribution in [1.82, 2.24) is 10.6 Å². The average molecular weight is 781 g/mol. The van der Waals surface area contributed by atoms with Gasteiger partial charge in [0.05, 0.1) is 40.5 Å². The van der Waals surface area contributed by atoms with Gasteiger partial charge in [0.2, 0.25) is 0 Å². The quantitative estimate of drug-likeness (QED) is 0.0836. The van der Waals surface area contributed by atoms with E-state index in [0.717, 1.165) is 11.1 Å². The first kappa shape index (κ1) is 41.0. The summed E-state index contributed by atoms with van der Waals surface area (Å²) in [5.74, 6) is 0.297. The van der Waals surface area contributed by atoms with E-state index in [9.17, 15) is 19.8 Å². The number of ether oxygens (including phenoxy) is 4. The molecule has 0 bridgehead atoms. The van der Waals surface area contributed by atoms with E-state index in [1.807, 2.05) is 60.7 Å². The van der Waals surface area contributed by atoms with Gasteiger partial charge in [-0.3, -0.25) is 9.59 Å². The number of nitrogens with one attached hydrogen (secondary N) is 2. The van der Waals surface area contributed by atoms with E-state index in [2.05, 4.69) is 10.6 Å². The van der Waals surface area contributed by atoms with E-state index >= 15 is 0 Å². The third-order valence-electron chi connectivity index (χ3n) is 10.5. The summed E-state index contributed by atoms with van der Waals surface area (Å²) in [6, 6.07) is 44.3. The Morgan fingerprint density at radius 1 is 0.431 bits per heavy atom. The van der Waals surface area contributed by atoms with Gasteiger partial charge in [0, 0.05) is 0 Å². The van der Waals surface area contributed by atoms with Crippen LogP contribution in [0.15, 0.2) is 158 Å². The minimum atomic E-state index is -1.86. The maximum atomic E-state index is 14.4. The van der Waals surface area contributed by atoms with Crippen molar-refractivity contribution in [2.45, 2.75) is 36.1 Å². The Kier molecular flexibility index (Phi) is 13.1. The van der Waals surface area contributed by atoms with Gasteiger partial charge in [-0.15, -0.1) is 0 Å². The Morgan fingerprint density at radius 3 is 0.897 bits per heavy atom. The number of carbonyl (C=O) groups excluding carboxylic acids is 2. The number of hydrogen-bond donors (Lipinski definition) is 4. The van der Waals surface area contributed by atoms with E-state index in [4.69, 9.17) is 18.9 Å². The lowest BCUT2D eigenvalue weighted by atomic mass is 9.77. The molecule has 4 N–H and O–H groups in total. The van der Waals surface area contributed by atoms with E-state index in [0.29, 0.717) is 45.3 Å². The van der Waals surface area contributed by atoms with Gasteiger partial charge in [-0.25, -0.2) is 0 Å². The molecule has 0 aromatic heterocycles. The van der Waals surface area contributed by atoms with Crippen LogP contribution in [0.2, 0.25) is 0 Å². The highest BCUT2D eigenvalue weighted by Gasteiger charge is 2.45. The second-order valence-corrected chi connectivity index (χ2v) is 13.9. The molecular weight excluding hydrogens is 733 g/mol. The van der Waals surface area contributed by atoms with E-state index in [1.54, 1.807) is 126 Å². The number of benzene rings is 6. The highest BCUT2D eigenvalue weighted by atomic mass is 16.5. The molecule has 0 aliphatic carbocycles. The zero-order chi connectivity index (χ0) is 41.1. The van der Waals surface area contributed by atoms with Crippen molar-refractivity contribution in [3.8, 4) is 23.0 Å². The van der Waals surface area contributed by atoms with Crippen molar-refractivity contribution >= 4 is 11.8 Å². The Bertz CT molecular complexity index is 1970. The Balaban J connectivity index is 1.42. The predicted octanol–water partition coefficient (Wildman–Crippen LogP) is 6.35. The molecule has 0 radical (unpaired) electrons. The molecule has 298 valence electrons. The summed E-state index contributed by atoms with van der Waals surface area (Å²) in [6.45, 7) is 0. The van der Waals surface area contributed by atoms with Crippen LogP contribution in [0.5, 0.6) is 23.0 Å². The van der Waals surface area contributed by atoms with E-state index < -0.39 is 35.1 Å². The van der Waals surface area contributed by atoms with Crippen LogP contribution in [-0.2, 0) is 33.6 Å². The van der Waals surface area contributed by atoms with Gasteiger partial charge in [0.25, 0.3) is 0 Å². The Morgan fingerprint density at radius 2 is 0.672 bits per heavy atom. The molecule has 0 fully saturated rings. The van der Waals surface area contributed by atoms with Crippen LogP contribution in [-0.4, -0.2) is 62.6 Å². The first-order chi connectivity index (χ1) is 28.1. The molecule has 6 rings (SSSR count). The van der Waals surface area contributed by atoms with Crippen LogP contribution in [0.3, 0.4) is 0 Å². The fourth-order valence-corrected chi connectivity index (χ4v) is 7.27. The summed E-state index contributed by atoms with van der Waals surface area (Å²) in [5.41, 5.74) is -0.286. The molecule has 10 nitrogen and oxygen atoms in total. The van der Waals surface area contributed by atoms with Crippen LogP contribution >= 0.6 is 0 Å². The number of hydrogen-bond acceptors (Lipinski definition) is 8. The van der Waals surface area contributed by atoms with Crippen molar-refractivity contribution in [1.29, 1.82) is 0 Å². The molecule has 2 amide bonds. The average Bonchev–Trinajstić information content (AvgIpc) is 3.28. The number of carbonyl (C=O) groups is 2. The summed E-state index contributed by atoms with van der Waals surface area (Å²) in [5, 5.41) is 31.9. The van der Waals surface area contributed by atoms with Gasteiger partial charge in [0.15, 0.2) is 0 Å². The lowest BCUT2D eigenvalue weighted by Gasteiger charge is -2.39. The molecule has 0 saturated heterocycles. The molecule has 0 aliphatic heterocycles. The van der Waals surface area contributed by atoms with Crippen molar-refractivity contribution < 1.29 is 38.7 Å².